The number of nitrogens with one attached hydrogen (secondary N) is 1. The van der Waals surface area contributed by atoms with E-state index in [0.717, 1.165) is 12.0 Å². The molecule has 2 rings (SSSR count). The van der Waals surface area contributed by atoms with E-state index < -0.39 is 11.9 Å². The fourth-order valence-electron chi connectivity index (χ4n) is 2.69. The van der Waals surface area contributed by atoms with Gasteiger partial charge in [0.15, 0.2) is 11.7 Å². The van der Waals surface area contributed by atoms with Crippen molar-refractivity contribution in [1.82, 2.24) is 20.0 Å². The molecule has 0 atom stereocenters. The van der Waals surface area contributed by atoms with Gasteiger partial charge in [0.2, 0.25) is 0 Å². The zero-order valence-electron chi connectivity index (χ0n) is 15.8. The van der Waals surface area contributed by atoms with E-state index in [-0.39, 0.29) is 36.1 Å². The van der Waals surface area contributed by atoms with E-state index in [1.807, 2.05) is 24.1 Å². The zero-order valence-corrected chi connectivity index (χ0v) is 18.2. The number of halogens is 4. The average Bonchev–Trinajstić information content (AvgIpc) is 2.97. The second kappa shape index (κ2) is 9.95. The topological polar surface area (TPSA) is 45.5 Å². The maximum Gasteiger partial charge on any atom is 0.435 e. The van der Waals surface area contributed by atoms with Gasteiger partial charge < -0.3 is 10.2 Å². The van der Waals surface area contributed by atoms with Crippen LogP contribution >= 0.6 is 24.0 Å². The van der Waals surface area contributed by atoms with E-state index in [1.165, 1.54) is 23.5 Å². The predicted octanol–water partition coefficient (Wildman–Crippen LogP) is 3.83. The predicted molar refractivity (Wildman–Crippen MR) is 111 cm³/mol. The van der Waals surface area contributed by atoms with Crippen LogP contribution in [0.5, 0.6) is 0 Å². The quantitative estimate of drug-likeness (QED) is 0.390. The SMILES string of the molecule is CCc1ccc(CN(C)C(=NC)NCc2cn(C)nc2C(F)(F)F)cc1.I. The number of hydrogen-bond acceptors (Lipinski definition) is 2. The Labute approximate surface area is 174 Å². The molecule has 5 nitrogen and oxygen atoms in total. The standard InChI is InChI=1S/C18H24F3N5.HI/c1-5-13-6-8-14(9-7-13)11-25(3)17(22-2)23-10-15-12-26(4)24-16(15)18(19,20)21;/h6-9,12H,5,10-11H2,1-4H3,(H,22,23);1H. The summed E-state index contributed by atoms with van der Waals surface area (Å²) in [5, 5.41) is 6.49. The van der Waals surface area contributed by atoms with Crippen molar-refractivity contribution < 1.29 is 13.2 Å². The van der Waals surface area contributed by atoms with Crippen LogP contribution in [-0.2, 0) is 32.7 Å². The van der Waals surface area contributed by atoms with Crippen LogP contribution < -0.4 is 5.32 Å². The third-order valence-corrected chi connectivity index (χ3v) is 4.03. The molecular weight excluding hydrogens is 470 g/mol. The van der Waals surface area contributed by atoms with Crippen molar-refractivity contribution in [3.8, 4) is 0 Å². The highest BCUT2D eigenvalue weighted by Crippen LogP contribution is 2.30. The number of hydrogen-bond donors (Lipinski definition) is 1. The van der Waals surface area contributed by atoms with Crippen LogP contribution in [0.4, 0.5) is 13.2 Å². The van der Waals surface area contributed by atoms with Crippen molar-refractivity contribution in [1.29, 1.82) is 0 Å². The summed E-state index contributed by atoms with van der Waals surface area (Å²) in [5.74, 6) is 0.515. The maximum absolute atomic E-state index is 13.0. The van der Waals surface area contributed by atoms with Gasteiger partial charge in [-0.3, -0.25) is 9.67 Å². The summed E-state index contributed by atoms with van der Waals surface area (Å²) >= 11 is 0. The number of aromatic nitrogens is 2. The first-order valence-corrected chi connectivity index (χ1v) is 8.34. The van der Waals surface area contributed by atoms with E-state index in [9.17, 15) is 13.2 Å². The molecule has 1 heterocycles. The molecule has 9 heteroatoms. The van der Waals surface area contributed by atoms with Gasteiger partial charge in [0, 0.05) is 46.0 Å². The van der Waals surface area contributed by atoms with Crippen molar-refractivity contribution in [2.24, 2.45) is 12.0 Å². The molecule has 1 N–H and O–H groups in total. The zero-order chi connectivity index (χ0) is 19.3. The minimum Gasteiger partial charge on any atom is -0.352 e. The van der Waals surface area contributed by atoms with Gasteiger partial charge >= 0.3 is 6.18 Å². The highest BCUT2D eigenvalue weighted by molar-refractivity contribution is 14.0. The molecule has 0 bridgehead atoms. The number of aliphatic imine (C=N–C) groups is 1. The monoisotopic (exact) mass is 495 g/mol. The Balaban J connectivity index is 0.00000364. The molecule has 27 heavy (non-hydrogen) atoms. The van der Waals surface area contributed by atoms with E-state index >= 15 is 0 Å². The molecule has 0 aliphatic carbocycles. The molecule has 0 saturated heterocycles. The summed E-state index contributed by atoms with van der Waals surface area (Å²) in [6, 6.07) is 8.24. The molecule has 2 aromatic rings. The van der Waals surface area contributed by atoms with Gasteiger partial charge in [-0.1, -0.05) is 31.2 Å². The van der Waals surface area contributed by atoms with Crippen LogP contribution in [0.3, 0.4) is 0 Å². The largest absolute Gasteiger partial charge is 0.435 e. The van der Waals surface area contributed by atoms with Crippen LogP contribution in [0.2, 0.25) is 0 Å². The van der Waals surface area contributed by atoms with Crippen molar-refractivity contribution in [2.45, 2.75) is 32.6 Å². The normalized spacial score (nSPS) is 11.9. The van der Waals surface area contributed by atoms with Gasteiger partial charge in [0.05, 0.1) is 0 Å². The lowest BCUT2D eigenvalue weighted by Crippen LogP contribution is -2.38. The van der Waals surface area contributed by atoms with Crippen molar-refractivity contribution in [3.05, 3.63) is 52.8 Å². The van der Waals surface area contributed by atoms with Crippen molar-refractivity contribution >= 4 is 29.9 Å². The summed E-state index contributed by atoms with van der Waals surface area (Å²) in [4.78, 5) is 6.02. The molecule has 0 saturated carbocycles. The van der Waals surface area contributed by atoms with E-state index in [4.69, 9.17) is 0 Å². The van der Waals surface area contributed by atoms with Gasteiger partial charge in [0.25, 0.3) is 0 Å². The lowest BCUT2D eigenvalue weighted by molar-refractivity contribution is -0.142. The van der Waals surface area contributed by atoms with Crippen LogP contribution in [0.25, 0.3) is 0 Å². The molecule has 0 spiro atoms. The highest BCUT2D eigenvalue weighted by Gasteiger charge is 2.36. The third-order valence-electron chi connectivity index (χ3n) is 4.03. The number of alkyl halides is 3. The summed E-state index contributed by atoms with van der Waals surface area (Å²) in [5.41, 5.74) is 1.57. The number of nitrogens with zero attached hydrogens (tertiary/aromatic N) is 4. The summed E-state index contributed by atoms with van der Waals surface area (Å²) < 4.78 is 40.3. The van der Waals surface area contributed by atoms with Crippen molar-refractivity contribution in [2.75, 3.05) is 14.1 Å². The first kappa shape index (κ1) is 23.3. The number of rotatable bonds is 5. The minimum atomic E-state index is -4.48. The lowest BCUT2D eigenvalue weighted by atomic mass is 10.1. The van der Waals surface area contributed by atoms with Gasteiger partial charge in [-0.05, 0) is 17.5 Å². The van der Waals surface area contributed by atoms with E-state index in [2.05, 4.69) is 34.5 Å². The lowest BCUT2D eigenvalue weighted by Gasteiger charge is -2.22. The second-order valence-electron chi connectivity index (χ2n) is 6.10. The maximum atomic E-state index is 13.0. The summed E-state index contributed by atoms with van der Waals surface area (Å²) in [7, 11) is 4.92. The van der Waals surface area contributed by atoms with Crippen LogP contribution in [0, 0.1) is 0 Å². The van der Waals surface area contributed by atoms with Crippen LogP contribution in [0.1, 0.15) is 29.3 Å². The van der Waals surface area contributed by atoms with Crippen LogP contribution in [0.15, 0.2) is 35.5 Å². The Bertz CT molecular complexity index is 753. The van der Waals surface area contributed by atoms with Gasteiger partial charge in [-0.15, -0.1) is 24.0 Å². The summed E-state index contributed by atoms with van der Waals surface area (Å²) in [6.07, 6.45) is -2.13. The first-order chi connectivity index (χ1) is 12.2. The Morgan fingerprint density at radius 2 is 1.81 bits per heavy atom. The highest BCUT2D eigenvalue weighted by atomic mass is 127. The third kappa shape index (κ3) is 6.40. The molecule has 0 amide bonds. The first-order valence-electron chi connectivity index (χ1n) is 8.34. The molecule has 0 aliphatic heterocycles. The fraction of sp³-hybridized carbons (Fsp3) is 0.444. The van der Waals surface area contributed by atoms with E-state index in [1.54, 1.807) is 7.05 Å². The molecule has 0 radical (unpaired) electrons. The average molecular weight is 495 g/mol. The Morgan fingerprint density at radius 1 is 1.22 bits per heavy atom. The molecular formula is C18H25F3IN5. The van der Waals surface area contributed by atoms with Gasteiger partial charge in [-0.2, -0.15) is 18.3 Å². The minimum absolute atomic E-state index is 0. The second-order valence-corrected chi connectivity index (χ2v) is 6.10. The molecule has 1 aromatic carbocycles. The van der Waals surface area contributed by atoms with Crippen LogP contribution in [-0.4, -0.2) is 34.7 Å². The van der Waals surface area contributed by atoms with Gasteiger partial charge in [-0.25, -0.2) is 0 Å². The van der Waals surface area contributed by atoms with Crippen molar-refractivity contribution in [3.63, 3.8) is 0 Å². The molecule has 1 aromatic heterocycles. The molecule has 150 valence electrons. The number of aryl methyl sites for hydroxylation is 2. The number of guanidine groups is 1. The Morgan fingerprint density at radius 3 is 2.33 bits per heavy atom. The summed E-state index contributed by atoms with van der Waals surface area (Å²) in [6.45, 7) is 2.69. The van der Waals surface area contributed by atoms with E-state index in [0.29, 0.717) is 12.5 Å². The Hall–Kier alpha value is -1.78. The smallest absolute Gasteiger partial charge is 0.352 e. The number of benzene rings is 1. The van der Waals surface area contributed by atoms with Gasteiger partial charge in [0.1, 0.15) is 0 Å². The molecule has 0 fully saturated rings. The molecule has 0 aliphatic rings. The molecule has 0 unspecified atom stereocenters. The Kier molecular flexibility index (Phi) is 8.58. The fourth-order valence-corrected chi connectivity index (χ4v) is 2.69.